The second-order valence-electron chi connectivity index (χ2n) is 3.15. The number of nitrogens with two attached hydrogens (primary N) is 1. The molecule has 0 aliphatic rings. The monoisotopic (exact) mass is 251 g/mol. The number of nitrogens with one attached hydrogen (secondary N) is 1. The lowest BCUT2D eigenvalue weighted by atomic mass is 10.2. The zero-order valence-corrected chi connectivity index (χ0v) is 9.97. The lowest BCUT2D eigenvalue weighted by molar-refractivity contribution is -0.137. The first kappa shape index (κ1) is 13.5. The molecule has 1 aromatic rings. The van der Waals surface area contributed by atoms with Crippen molar-refractivity contribution in [3.05, 3.63) is 23.8 Å². The van der Waals surface area contributed by atoms with Gasteiger partial charge in [-0.3, -0.25) is 9.59 Å². The largest absolute Gasteiger partial charge is 0.493 e. The van der Waals surface area contributed by atoms with Gasteiger partial charge in [-0.25, -0.2) is 5.43 Å². The van der Waals surface area contributed by atoms with E-state index in [0.29, 0.717) is 17.1 Å². The summed E-state index contributed by atoms with van der Waals surface area (Å²) in [5, 5.41) is 3.59. The van der Waals surface area contributed by atoms with Gasteiger partial charge in [-0.1, -0.05) is 6.07 Å². The molecule has 0 aliphatic carbocycles. The van der Waals surface area contributed by atoms with E-state index in [1.54, 1.807) is 18.2 Å². The predicted octanol–water partition coefficient (Wildman–Crippen LogP) is -0.361. The highest BCUT2D eigenvalue weighted by molar-refractivity contribution is 6.34. The second kappa shape index (κ2) is 6.24. The number of amides is 2. The molecular formula is C11H13N3O4. The van der Waals surface area contributed by atoms with E-state index in [4.69, 9.17) is 15.2 Å². The van der Waals surface area contributed by atoms with Crippen molar-refractivity contribution in [1.82, 2.24) is 5.43 Å². The Kier molecular flexibility index (Phi) is 4.67. The van der Waals surface area contributed by atoms with Crippen molar-refractivity contribution < 1.29 is 19.1 Å². The Morgan fingerprint density at radius 1 is 1.33 bits per heavy atom. The molecule has 0 heterocycles. The summed E-state index contributed by atoms with van der Waals surface area (Å²) in [6, 6.07) is 5.16. The summed E-state index contributed by atoms with van der Waals surface area (Å²) in [6.45, 7) is 0. The van der Waals surface area contributed by atoms with Gasteiger partial charge < -0.3 is 15.2 Å². The second-order valence-corrected chi connectivity index (χ2v) is 3.15. The summed E-state index contributed by atoms with van der Waals surface area (Å²) in [5.74, 6) is -1.10. The standard InChI is InChI=1S/C11H13N3O4/c1-17-8-5-3-4-7(9(8)18-2)6-13-14-11(16)10(12)15/h3-6H,1-2H3,(H2,12,15)(H,14,16). The van der Waals surface area contributed by atoms with Gasteiger partial charge in [0.25, 0.3) is 0 Å². The molecule has 7 nitrogen and oxygen atoms in total. The lowest BCUT2D eigenvalue weighted by Crippen LogP contribution is -2.32. The number of carbonyl (C=O) groups is 2. The summed E-state index contributed by atoms with van der Waals surface area (Å²) in [6.07, 6.45) is 1.32. The van der Waals surface area contributed by atoms with Gasteiger partial charge in [-0.05, 0) is 12.1 Å². The molecule has 0 aromatic heterocycles. The van der Waals surface area contributed by atoms with Gasteiger partial charge in [0.1, 0.15) is 0 Å². The van der Waals surface area contributed by atoms with Crippen molar-refractivity contribution in [2.45, 2.75) is 0 Å². The number of carbonyl (C=O) groups excluding carboxylic acids is 2. The minimum atomic E-state index is -1.11. The molecule has 0 radical (unpaired) electrons. The van der Waals surface area contributed by atoms with Crippen LogP contribution in [-0.2, 0) is 9.59 Å². The van der Waals surface area contributed by atoms with Gasteiger partial charge in [0.2, 0.25) is 0 Å². The highest BCUT2D eigenvalue weighted by Crippen LogP contribution is 2.29. The molecule has 0 unspecified atom stereocenters. The van der Waals surface area contributed by atoms with Crippen LogP contribution in [0.15, 0.2) is 23.3 Å². The van der Waals surface area contributed by atoms with Crippen molar-refractivity contribution in [1.29, 1.82) is 0 Å². The number of methoxy groups -OCH3 is 2. The quantitative estimate of drug-likeness (QED) is 0.433. The average Bonchev–Trinajstić information content (AvgIpc) is 2.37. The molecule has 0 spiro atoms. The molecule has 18 heavy (non-hydrogen) atoms. The normalized spacial score (nSPS) is 10.1. The molecule has 0 fully saturated rings. The third-order valence-corrected chi connectivity index (χ3v) is 2.03. The van der Waals surface area contributed by atoms with Crippen LogP contribution in [0.5, 0.6) is 11.5 Å². The number of ether oxygens (including phenoxy) is 2. The fourth-order valence-electron chi connectivity index (χ4n) is 1.23. The fourth-order valence-corrected chi connectivity index (χ4v) is 1.23. The molecule has 0 saturated carbocycles. The summed E-state index contributed by atoms with van der Waals surface area (Å²) < 4.78 is 10.2. The van der Waals surface area contributed by atoms with Crippen molar-refractivity contribution in [2.75, 3.05) is 14.2 Å². The topological polar surface area (TPSA) is 103 Å². The van der Waals surface area contributed by atoms with Crippen LogP contribution in [0.1, 0.15) is 5.56 Å². The van der Waals surface area contributed by atoms with E-state index < -0.39 is 11.8 Å². The maximum Gasteiger partial charge on any atom is 0.329 e. The molecular weight excluding hydrogens is 238 g/mol. The molecule has 0 atom stereocenters. The van der Waals surface area contributed by atoms with Crippen LogP contribution in [0.3, 0.4) is 0 Å². The Hall–Kier alpha value is -2.57. The Balaban J connectivity index is 2.87. The fraction of sp³-hybridized carbons (Fsp3) is 0.182. The van der Waals surface area contributed by atoms with E-state index in [0.717, 1.165) is 0 Å². The maximum atomic E-state index is 10.9. The summed E-state index contributed by atoms with van der Waals surface area (Å²) >= 11 is 0. The van der Waals surface area contributed by atoms with Gasteiger partial charge >= 0.3 is 11.8 Å². The molecule has 1 aromatic carbocycles. The van der Waals surface area contributed by atoms with Crippen LogP contribution in [-0.4, -0.2) is 32.2 Å². The van der Waals surface area contributed by atoms with E-state index in [9.17, 15) is 9.59 Å². The maximum absolute atomic E-state index is 10.9. The van der Waals surface area contributed by atoms with Gasteiger partial charge in [0, 0.05) is 5.56 Å². The number of hydrogen-bond donors (Lipinski definition) is 2. The zero-order valence-electron chi connectivity index (χ0n) is 9.97. The van der Waals surface area contributed by atoms with Crippen LogP contribution in [0, 0.1) is 0 Å². The molecule has 0 bridgehead atoms. The average molecular weight is 251 g/mol. The van der Waals surface area contributed by atoms with Gasteiger partial charge in [-0.15, -0.1) is 0 Å². The minimum absolute atomic E-state index is 0.470. The van der Waals surface area contributed by atoms with Gasteiger partial charge in [-0.2, -0.15) is 5.10 Å². The molecule has 0 saturated heterocycles. The zero-order chi connectivity index (χ0) is 13.5. The van der Waals surface area contributed by atoms with E-state index in [2.05, 4.69) is 5.10 Å². The Labute approximate surface area is 104 Å². The SMILES string of the molecule is COc1cccc(C=NNC(=O)C(N)=O)c1OC. The third kappa shape index (κ3) is 3.21. The minimum Gasteiger partial charge on any atom is -0.493 e. The highest BCUT2D eigenvalue weighted by atomic mass is 16.5. The van der Waals surface area contributed by atoms with E-state index in [1.165, 1.54) is 20.4 Å². The smallest absolute Gasteiger partial charge is 0.329 e. The molecule has 3 N–H and O–H groups in total. The summed E-state index contributed by atoms with van der Waals surface area (Å²) in [7, 11) is 2.99. The lowest BCUT2D eigenvalue weighted by Gasteiger charge is -2.09. The summed E-state index contributed by atoms with van der Waals surface area (Å²) in [4.78, 5) is 21.3. The summed E-state index contributed by atoms with van der Waals surface area (Å²) in [5.41, 5.74) is 7.31. The van der Waals surface area contributed by atoms with Gasteiger partial charge in [0.05, 0.1) is 20.4 Å². The van der Waals surface area contributed by atoms with Crippen molar-refractivity contribution >= 4 is 18.0 Å². The molecule has 2 amide bonds. The first-order valence-electron chi connectivity index (χ1n) is 4.94. The number of para-hydroxylation sites is 1. The highest BCUT2D eigenvalue weighted by Gasteiger charge is 2.08. The predicted molar refractivity (Wildman–Crippen MR) is 64.5 cm³/mol. The van der Waals surface area contributed by atoms with Crippen molar-refractivity contribution in [2.24, 2.45) is 10.8 Å². The Morgan fingerprint density at radius 3 is 2.61 bits per heavy atom. The Bertz CT molecular complexity index is 485. The molecule has 0 aliphatic heterocycles. The third-order valence-electron chi connectivity index (χ3n) is 2.03. The van der Waals surface area contributed by atoms with Crippen LogP contribution in [0.2, 0.25) is 0 Å². The van der Waals surface area contributed by atoms with Crippen molar-refractivity contribution in [3.63, 3.8) is 0 Å². The van der Waals surface area contributed by atoms with E-state index in [-0.39, 0.29) is 0 Å². The van der Waals surface area contributed by atoms with Gasteiger partial charge in [0.15, 0.2) is 11.5 Å². The number of nitrogens with zero attached hydrogens (tertiary/aromatic N) is 1. The van der Waals surface area contributed by atoms with E-state index in [1.807, 2.05) is 5.43 Å². The number of primary amides is 1. The van der Waals surface area contributed by atoms with Crippen LogP contribution in [0.4, 0.5) is 0 Å². The Morgan fingerprint density at radius 2 is 2.06 bits per heavy atom. The first-order valence-corrected chi connectivity index (χ1v) is 4.94. The first-order chi connectivity index (χ1) is 8.60. The van der Waals surface area contributed by atoms with E-state index >= 15 is 0 Å². The molecule has 7 heteroatoms. The van der Waals surface area contributed by atoms with Crippen LogP contribution in [0.25, 0.3) is 0 Å². The van der Waals surface area contributed by atoms with Crippen LogP contribution >= 0.6 is 0 Å². The van der Waals surface area contributed by atoms with Crippen molar-refractivity contribution in [3.8, 4) is 11.5 Å². The number of hydrazone groups is 1. The molecule has 96 valence electrons. The number of hydrogen-bond acceptors (Lipinski definition) is 5. The number of rotatable bonds is 4. The number of benzene rings is 1. The van der Waals surface area contributed by atoms with Crippen LogP contribution < -0.4 is 20.6 Å². The molecule has 1 rings (SSSR count).